The van der Waals surface area contributed by atoms with Crippen LogP contribution in [0.3, 0.4) is 0 Å². The highest BCUT2D eigenvalue weighted by molar-refractivity contribution is 9.10. The summed E-state index contributed by atoms with van der Waals surface area (Å²) in [5.41, 5.74) is 6.49. The minimum atomic E-state index is -0.254. The van der Waals surface area contributed by atoms with E-state index in [1.54, 1.807) is 18.3 Å². The molecule has 9 heteroatoms. The first-order valence-electron chi connectivity index (χ1n) is 9.61. The number of carbonyl (C=O) groups excluding carboxylic acids is 1. The van der Waals surface area contributed by atoms with Crippen molar-refractivity contribution in [2.24, 2.45) is 5.10 Å². The Labute approximate surface area is 193 Å². The van der Waals surface area contributed by atoms with Crippen molar-refractivity contribution in [3.63, 3.8) is 0 Å². The predicted octanol–water partition coefficient (Wildman–Crippen LogP) is 5.38. The summed E-state index contributed by atoms with van der Waals surface area (Å²) in [6.07, 6.45) is 1.66. The zero-order chi connectivity index (χ0) is 22.2. The predicted molar refractivity (Wildman–Crippen MR) is 129 cm³/mol. The minimum Gasteiger partial charge on any atom is -0.490 e. The molecule has 31 heavy (non-hydrogen) atoms. The van der Waals surface area contributed by atoms with E-state index in [0.717, 1.165) is 32.1 Å². The molecule has 0 atom stereocenters. The zero-order valence-corrected chi connectivity index (χ0v) is 19.8. The summed E-state index contributed by atoms with van der Waals surface area (Å²) in [4.78, 5) is 16.5. The van der Waals surface area contributed by atoms with Crippen LogP contribution in [0.25, 0.3) is 0 Å². The number of halogens is 1. The minimum absolute atomic E-state index is 0.140. The third-order valence-corrected chi connectivity index (χ3v) is 5.59. The standard InChI is InChI=1S/C22H23BrN4O3S/c1-4-29-19-9-16(11-24-27-22-25-15(3)13-31-22)18(23)10-20(19)30-12-21(28)26-17-7-5-14(2)6-8-17/h5-11,13H,4,12H2,1-3H3,(H,25,27)(H,26,28). The molecule has 0 aliphatic rings. The van der Waals surface area contributed by atoms with E-state index >= 15 is 0 Å². The van der Waals surface area contributed by atoms with Crippen LogP contribution in [0.5, 0.6) is 11.5 Å². The van der Waals surface area contributed by atoms with Crippen molar-refractivity contribution in [2.75, 3.05) is 24.0 Å². The van der Waals surface area contributed by atoms with E-state index in [-0.39, 0.29) is 12.5 Å². The number of thiazole rings is 1. The summed E-state index contributed by atoms with van der Waals surface area (Å²) in [6, 6.07) is 11.1. The van der Waals surface area contributed by atoms with Gasteiger partial charge in [-0.05, 0) is 61.0 Å². The molecule has 162 valence electrons. The number of hydrogen-bond donors (Lipinski definition) is 2. The van der Waals surface area contributed by atoms with Crippen LogP contribution in [0.15, 0.2) is 51.4 Å². The molecule has 2 N–H and O–H groups in total. The fraction of sp³-hybridized carbons (Fsp3) is 0.227. The topological polar surface area (TPSA) is 84.8 Å². The highest BCUT2D eigenvalue weighted by atomic mass is 79.9. The average molecular weight is 503 g/mol. The molecule has 3 aromatic rings. The molecule has 0 aliphatic carbocycles. The second-order valence-corrected chi connectivity index (χ2v) is 8.33. The molecular formula is C22H23BrN4O3S. The fourth-order valence-electron chi connectivity index (χ4n) is 2.57. The number of aryl methyl sites for hydroxylation is 2. The van der Waals surface area contributed by atoms with E-state index in [9.17, 15) is 4.79 Å². The van der Waals surface area contributed by atoms with Gasteiger partial charge in [0.25, 0.3) is 5.91 Å². The van der Waals surface area contributed by atoms with Crippen LogP contribution in [-0.4, -0.2) is 30.3 Å². The van der Waals surface area contributed by atoms with Gasteiger partial charge in [-0.1, -0.05) is 17.7 Å². The van der Waals surface area contributed by atoms with Crippen molar-refractivity contribution in [3.05, 3.63) is 63.1 Å². The average Bonchev–Trinajstić information content (AvgIpc) is 3.16. The molecule has 7 nitrogen and oxygen atoms in total. The fourth-order valence-corrected chi connectivity index (χ4v) is 3.63. The number of hydrogen-bond acceptors (Lipinski definition) is 7. The summed E-state index contributed by atoms with van der Waals surface area (Å²) in [7, 11) is 0. The zero-order valence-electron chi connectivity index (χ0n) is 17.4. The van der Waals surface area contributed by atoms with Crippen LogP contribution in [0.2, 0.25) is 0 Å². The van der Waals surface area contributed by atoms with Gasteiger partial charge in [-0.3, -0.25) is 10.2 Å². The molecule has 0 unspecified atom stereocenters. The maximum Gasteiger partial charge on any atom is 0.262 e. The maximum atomic E-state index is 12.2. The van der Waals surface area contributed by atoms with E-state index in [0.29, 0.717) is 18.1 Å². The van der Waals surface area contributed by atoms with Crippen LogP contribution < -0.4 is 20.2 Å². The summed E-state index contributed by atoms with van der Waals surface area (Å²) in [5.74, 6) is 0.741. The molecule has 0 bridgehead atoms. The Hall–Kier alpha value is -2.91. The van der Waals surface area contributed by atoms with Gasteiger partial charge in [0.2, 0.25) is 5.13 Å². The molecule has 1 aromatic heterocycles. The molecule has 1 heterocycles. The number of rotatable bonds is 9. The smallest absolute Gasteiger partial charge is 0.262 e. The Morgan fingerprint density at radius 1 is 1.19 bits per heavy atom. The summed E-state index contributed by atoms with van der Waals surface area (Å²) < 4.78 is 12.2. The highest BCUT2D eigenvalue weighted by Gasteiger charge is 2.12. The van der Waals surface area contributed by atoms with Crippen molar-refractivity contribution < 1.29 is 14.3 Å². The lowest BCUT2D eigenvalue weighted by Crippen LogP contribution is -2.20. The number of aromatic nitrogens is 1. The van der Waals surface area contributed by atoms with Crippen LogP contribution >= 0.6 is 27.3 Å². The quantitative estimate of drug-likeness (QED) is 0.302. The van der Waals surface area contributed by atoms with Gasteiger partial charge < -0.3 is 14.8 Å². The lowest BCUT2D eigenvalue weighted by molar-refractivity contribution is -0.118. The number of nitrogens with one attached hydrogen (secondary N) is 2. The second-order valence-electron chi connectivity index (χ2n) is 6.62. The van der Waals surface area contributed by atoms with Crippen molar-refractivity contribution in [2.45, 2.75) is 20.8 Å². The Bertz CT molecular complexity index is 1070. The molecule has 3 rings (SSSR count). The molecule has 0 radical (unpaired) electrons. The first-order chi connectivity index (χ1) is 14.9. The Morgan fingerprint density at radius 2 is 1.94 bits per heavy atom. The lowest BCUT2D eigenvalue weighted by Gasteiger charge is -2.14. The molecule has 1 amide bonds. The van der Waals surface area contributed by atoms with Crippen LogP contribution in [0, 0.1) is 13.8 Å². The van der Waals surface area contributed by atoms with Gasteiger partial charge in [0.05, 0.1) is 18.5 Å². The van der Waals surface area contributed by atoms with Gasteiger partial charge in [-0.2, -0.15) is 5.10 Å². The number of benzene rings is 2. The third kappa shape index (κ3) is 6.80. The molecule has 2 aromatic carbocycles. The molecule has 0 saturated heterocycles. The van der Waals surface area contributed by atoms with Gasteiger partial charge >= 0.3 is 0 Å². The van der Waals surface area contributed by atoms with Crippen molar-refractivity contribution in [1.29, 1.82) is 0 Å². The number of amides is 1. The van der Waals surface area contributed by atoms with Crippen LogP contribution in [0.1, 0.15) is 23.7 Å². The molecular weight excluding hydrogens is 480 g/mol. The number of ether oxygens (including phenoxy) is 2. The van der Waals surface area contributed by atoms with Crippen molar-refractivity contribution >= 4 is 50.2 Å². The van der Waals surface area contributed by atoms with Crippen molar-refractivity contribution in [1.82, 2.24) is 4.98 Å². The number of carbonyl (C=O) groups is 1. The molecule has 0 fully saturated rings. The van der Waals surface area contributed by atoms with E-state index in [4.69, 9.17) is 9.47 Å². The van der Waals surface area contributed by atoms with Crippen molar-refractivity contribution in [3.8, 4) is 11.5 Å². The SMILES string of the molecule is CCOc1cc(C=NNc2nc(C)cs2)c(Br)cc1OCC(=O)Nc1ccc(C)cc1. The first-order valence-corrected chi connectivity index (χ1v) is 11.3. The van der Waals surface area contributed by atoms with Crippen LogP contribution in [-0.2, 0) is 4.79 Å². The number of nitrogens with zero attached hydrogens (tertiary/aromatic N) is 2. The molecule has 0 spiro atoms. The lowest BCUT2D eigenvalue weighted by atomic mass is 10.2. The number of hydrazone groups is 1. The van der Waals surface area contributed by atoms with Gasteiger partial charge in [0.15, 0.2) is 18.1 Å². The third-order valence-electron chi connectivity index (χ3n) is 4.04. The summed E-state index contributed by atoms with van der Waals surface area (Å²) in [6.45, 7) is 6.12. The number of anilines is 2. The molecule has 0 saturated carbocycles. The van der Waals surface area contributed by atoms with Gasteiger partial charge in [-0.25, -0.2) is 4.98 Å². The normalized spacial score (nSPS) is 10.8. The van der Waals surface area contributed by atoms with E-state index in [2.05, 4.69) is 36.8 Å². The summed E-state index contributed by atoms with van der Waals surface area (Å²) in [5, 5.41) is 9.70. The Kier molecular flexibility index (Phi) is 8.02. The Balaban J connectivity index is 1.66. The largest absolute Gasteiger partial charge is 0.490 e. The van der Waals surface area contributed by atoms with Gasteiger partial charge in [0, 0.05) is 21.1 Å². The van der Waals surface area contributed by atoms with Gasteiger partial charge in [-0.15, -0.1) is 11.3 Å². The van der Waals surface area contributed by atoms with E-state index in [1.807, 2.05) is 50.4 Å². The second kappa shape index (κ2) is 10.9. The first kappa shape index (κ1) is 22.8. The van der Waals surface area contributed by atoms with Crippen LogP contribution in [0.4, 0.5) is 10.8 Å². The Morgan fingerprint density at radius 3 is 2.61 bits per heavy atom. The monoisotopic (exact) mass is 502 g/mol. The summed E-state index contributed by atoms with van der Waals surface area (Å²) >= 11 is 5.01. The highest BCUT2D eigenvalue weighted by Crippen LogP contribution is 2.33. The van der Waals surface area contributed by atoms with E-state index < -0.39 is 0 Å². The molecule has 0 aliphatic heterocycles. The van der Waals surface area contributed by atoms with Gasteiger partial charge in [0.1, 0.15) is 0 Å². The van der Waals surface area contributed by atoms with E-state index in [1.165, 1.54) is 11.3 Å². The maximum absolute atomic E-state index is 12.2.